The molecule has 0 spiro atoms. The fourth-order valence-corrected chi connectivity index (χ4v) is 8.82. The quantitative estimate of drug-likeness (QED) is 0.145. The molecule has 0 saturated heterocycles. The number of aromatic nitrogens is 2. The van der Waals surface area contributed by atoms with Crippen molar-refractivity contribution in [2.24, 2.45) is 0 Å². The van der Waals surface area contributed by atoms with E-state index in [0.29, 0.717) is 0 Å². The first kappa shape index (κ1) is 36.8. The van der Waals surface area contributed by atoms with Gasteiger partial charge in [-0.05, 0) is 123 Å². The van der Waals surface area contributed by atoms with Crippen molar-refractivity contribution < 1.29 is 0 Å². The van der Waals surface area contributed by atoms with Crippen LogP contribution in [-0.4, -0.2) is 9.55 Å². The molecular weight excluding hydrogens is 751 g/mol. The molecule has 0 atom stereocenters. The average molecular weight is 792 g/mol. The molecule has 292 valence electrons. The van der Waals surface area contributed by atoms with Crippen LogP contribution < -0.4 is 4.90 Å². The van der Waals surface area contributed by atoms with E-state index in [9.17, 15) is 0 Å². The monoisotopic (exact) mass is 791 g/mol. The van der Waals surface area contributed by atoms with Crippen LogP contribution >= 0.6 is 0 Å². The molecule has 0 aliphatic heterocycles. The van der Waals surface area contributed by atoms with Gasteiger partial charge in [-0.2, -0.15) is 0 Å². The number of hydrogen-bond donors (Lipinski definition) is 0. The van der Waals surface area contributed by atoms with E-state index in [0.717, 1.165) is 39.4 Å². The number of para-hydroxylation sites is 2. The van der Waals surface area contributed by atoms with Gasteiger partial charge in [0.05, 0.1) is 11.0 Å². The van der Waals surface area contributed by atoms with Crippen LogP contribution in [0.25, 0.3) is 83.1 Å². The lowest BCUT2D eigenvalue weighted by atomic mass is 9.94. The van der Waals surface area contributed by atoms with Gasteiger partial charge in [0, 0.05) is 51.5 Å². The van der Waals surface area contributed by atoms with E-state index in [2.05, 4.69) is 245 Å². The van der Waals surface area contributed by atoms with Crippen molar-refractivity contribution in [3.05, 3.63) is 249 Å². The summed E-state index contributed by atoms with van der Waals surface area (Å²) in [4.78, 5) is 6.66. The summed E-state index contributed by atoms with van der Waals surface area (Å²) in [5.41, 5.74) is 18.5. The predicted molar refractivity (Wildman–Crippen MR) is 260 cm³/mol. The lowest BCUT2D eigenvalue weighted by Crippen LogP contribution is -2.09. The molecular formula is C59H41N3. The van der Waals surface area contributed by atoms with Gasteiger partial charge in [-0.1, -0.05) is 164 Å². The highest BCUT2D eigenvalue weighted by molar-refractivity contribution is 6.15. The smallest absolute Gasteiger partial charge is 0.0619 e. The van der Waals surface area contributed by atoms with Gasteiger partial charge in [-0.25, -0.2) is 0 Å². The Labute approximate surface area is 362 Å². The molecule has 3 heteroatoms. The minimum atomic E-state index is 1.08. The lowest BCUT2D eigenvalue weighted by molar-refractivity contribution is 1.18. The summed E-state index contributed by atoms with van der Waals surface area (Å²) in [6, 6.07) is 85.2. The zero-order chi connectivity index (χ0) is 41.2. The second kappa shape index (κ2) is 16.1. The van der Waals surface area contributed by atoms with Gasteiger partial charge in [0.2, 0.25) is 0 Å². The van der Waals surface area contributed by atoms with Gasteiger partial charge in [-0.3, -0.25) is 4.98 Å². The minimum Gasteiger partial charge on any atom is -0.311 e. The first-order valence-electron chi connectivity index (χ1n) is 21.1. The number of nitrogens with zero attached hydrogens (tertiary/aromatic N) is 3. The fourth-order valence-electron chi connectivity index (χ4n) is 8.82. The Kier molecular flexibility index (Phi) is 9.53. The van der Waals surface area contributed by atoms with Gasteiger partial charge < -0.3 is 9.47 Å². The minimum absolute atomic E-state index is 1.08. The van der Waals surface area contributed by atoms with Crippen LogP contribution in [0.2, 0.25) is 0 Å². The Morgan fingerprint density at radius 2 is 0.758 bits per heavy atom. The summed E-state index contributed by atoms with van der Waals surface area (Å²) < 4.78 is 2.43. The summed E-state index contributed by atoms with van der Waals surface area (Å²) in [6.07, 6.45) is 3.72. The highest BCUT2D eigenvalue weighted by Crippen LogP contribution is 2.42. The molecule has 11 rings (SSSR count). The number of benzene rings is 9. The summed E-state index contributed by atoms with van der Waals surface area (Å²) in [5.74, 6) is 0. The Morgan fingerprint density at radius 1 is 0.323 bits per heavy atom. The maximum absolute atomic E-state index is 4.34. The average Bonchev–Trinajstić information content (AvgIpc) is 3.70. The zero-order valence-electron chi connectivity index (χ0n) is 34.0. The molecule has 2 aromatic heterocycles. The van der Waals surface area contributed by atoms with Crippen LogP contribution in [0.3, 0.4) is 0 Å². The Morgan fingerprint density at radius 3 is 1.31 bits per heavy atom. The van der Waals surface area contributed by atoms with Crippen molar-refractivity contribution in [1.29, 1.82) is 0 Å². The third-order valence-electron chi connectivity index (χ3n) is 11.9. The van der Waals surface area contributed by atoms with Crippen molar-refractivity contribution in [2.45, 2.75) is 0 Å². The van der Waals surface area contributed by atoms with Crippen molar-refractivity contribution >= 4 is 38.9 Å². The van der Waals surface area contributed by atoms with Gasteiger partial charge >= 0.3 is 0 Å². The van der Waals surface area contributed by atoms with E-state index >= 15 is 0 Å². The molecule has 0 radical (unpaired) electrons. The topological polar surface area (TPSA) is 21.1 Å². The Hall–Kier alpha value is -8.27. The second-order valence-electron chi connectivity index (χ2n) is 15.6. The van der Waals surface area contributed by atoms with Crippen molar-refractivity contribution in [3.63, 3.8) is 0 Å². The normalized spacial score (nSPS) is 11.2. The number of pyridine rings is 1. The fraction of sp³-hybridized carbons (Fsp3) is 0. The summed E-state index contributed by atoms with van der Waals surface area (Å²) in [7, 11) is 0. The summed E-state index contributed by atoms with van der Waals surface area (Å²) in [6.45, 7) is 0. The van der Waals surface area contributed by atoms with Crippen LogP contribution in [-0.2, 0) is 0 Å². The highest BCUT2D eigenvalue weighted by atomic mass is 15.1. The van der Waals surface area contributed by atoms with E-state index < -0.39 is 0 Å². The Balaban J connectivity index is 0.973. The predicted octanol–water partition coefficient (Wildman–Crippen LogP) is 16.0. The van der Waals surface area contributed by atoms with E-state index in [4.69, 9.17) is 0 Å². The standard InChI is InChI=1S/C59H41N3/c1-4-13-42(14-5-1)45-26-32-52(33-27-45)61(54-36-30-47(31-37-54)49-17-12-38-60-41-49)53-34-28-46(29-35-53)44-22-24-48(25-23-44)56-39-50(43-15-6-2-7-16-43)40-57-55-20-10-11-21-58(55)62(59(56)57)51-18-8-3-9-19-51/h1-41H. The third kappa shape index (κ3) is 6.92. The summed E-state index contributed by atoms with van der Waals surface area (Å²) >= 11 is 0. The molecule has 0 saturated carbocycles. The molecule has 3 nitrogen and oxygen atoms in total. The first-order valence-corrected chi connectivity index (χ1v) is 21.1. The number of anilines is 3. The SMILES string of the molecule is c1ccc(-c2ccc(N(c3ccc(-c4ccc(-c5cc(-c6ccccc6)cc6c7ccccc7n(-c7ccccc7)c56)cc4)cc3)c3ccc(-c4cccnc4)cc3)cc2)cc1. The molecule has 62 heavy (non-hydrogen) atoms. The largest absolute Gasteiger partial charge is 0.311 e. The maximum Gasteiger partial charge on any atom is 0.0619 e. The van der Waals surface area contributed by atoms with Crippen LogP contribution in [0.1, 0.15) is 0 Å². The number of hydrogen-bond acceptors (Lipinski definition) is 2. The van der Waals surface area contributed by atoms with Crippen molar-refractivity contribution in [2.75, 3.05) is 4.90 Å². The first-order chi connectivity index (χ1) is 30.7. The Bertz CT molecular complexity index is 3180. The van der Waals surface area contributed by atoms with Gasteiger partial charge in [0.15, 0.2) is 0 Å². The summed E-state index contributed by atoms with van der Waals surface area (Å²) in [5, 5.41) is 2.49. The van der Waals surface area contributed by atoms with Gasteiger partial charge in [-0.15, -0.1) is 0 Å². The third-order valence-corrected chi connectivity index (χ3v) is 11.9. The second-order valence-corrected chi connectivity index (χ2v) is 15.6. The van der Waals surface area contributed by atoms with Gasteiger partial charge in [0.1, 0.15) is 0 Å². The van der Waals surface area contributed by atoms with E-state index in [1.54, 1.807) is 0 Å². The molecule has 0 N–H and O–H groups in total. The lowest BCUT2D eigenvalue weighted by Gasteiger charge is -2.26. The zero-order valence-corrected chi connectivity index (χ0v) is 34.0. The number of rotatable bonds is 9. The van der Waals surface area contributed by atoms with E-state index in [1.165, 1.54) is 60.8 Å². The molecule has 2 heterocycles. The maximum atomic E-state index is 4.34. The van der Waals surface area contributed by atoms with Crippen LogP contribution in [0, 0.1) is 0 Å². The number of fused-ring (bicyclic) bond motifs is 3. The van der Waals surface area contributed by atoms with Gasteiger partial charge in [0.25, 0.3) is 0 Å². The van der Waals surface area contributed by atoms with Crippen LogP contribution in [0.5, 0.6) is 0 Å². The van der Waals surface area contributed by atoms with Crippen molar-refractivity contribution in [3.8, 4) is 61.3 Å². The van der Waals surface area contributed by atoms with Crippen LogP contribution in [0.15, 0.2) is 249 Å². The molecule has 11 aromatic rings. The van der Waals surface area contributed by atoms with E-state index in [1.807, 2.05) is 18.5 Å². The molecule has 0 unspecified atom stereocenters. The molecule has 9 aromatic carbocycles. The molecule has 0 aliphatic carbocycles. The molecule has 0 aliphatic rings. The molecule has 0 fully saturated rings. The van der Waals surface area contributed by atoms with Crippen molar-refractivity contribution in [1.82, 2.24) is 9.55 Å². The highest BCUT2D eigenvalue weighted by Gasteiger charge is 2.19. The van der Waals surface area contributed by atoms with Crippen LogP contribution in [0.4, 0.5) is 17.1 Å². The molecule has 0 bridgehead atoms. The van der Waals surface area contributed by atoms with E-state index in [-0.39, 0.29) is 0 Å². The molecule has 0 amide bonds.